The summed E-state index contributed by atoms with van der Waals surface area (Å²) in [6.07, 6.45) is 53.8. The molecule has 0 bridgehead atoms. The molecule has 114 heavy (non-hydrogen) atoms. The highest BCUT2D eigenvalue weighted by molar-refractivity contribution is 6.21. The molecule has 16 nitrogen and oxygen atoms in total. The lowest BCUT2D eigenvalue weighted by Gasteiger charge is -2.20. The van der Waals surface area contributed by atoms with Crippen LogP contribution in [0.25, 0.3) is 43.8 Å². The predicted octanol–water partition coefficient (Wildman–Crippen LogP) is 22.9. The van der Waals surface area contributed by atoms with E-state index in [0.29, 0.717) is 103 Å². The van der Waals surface area contributed by atoms with E-state index >= 15 is 0 Å². The number of unbranched alkanes of at least 4 members (excludes halogenated alkanes) is 36. The summed E-state index contributed by atoms with van der Waals surface area (Å²) in [6.45, 7) is 15.8. The lowest BCUT2D eigenvalue weighted by atomic mass is 9.85. The highest BCUT2D eigenvalue weighted by Gasteiger charge is 2.26. The molecule has 5 aromatic carbocycles. The molecule has 638 valence electrons. The van der Waals surface area contributed by atoms with Gasteiger partial charge in [0.05, 0.1) is 0 Å². The Morgan fingerprint density at radius 2 is 0.482 bits per heavy atom. The maximum atomic E-state index is 14.3. The largest absolute Gasteiger partial charge is 0.381 e. The van der Waals surface area contributed by atoms with Crippen LogP contribution in [0, 0.1) is 0 Å². The summed E-state index contributed by atoms with van der Waals surface area (Å²) >= 11 is 0. The maximum absolute atomic E-state index is 14.3. The Morgan fingerprint density at radius 1 is 0.263 bits per heavy atom. The van der Waals surface area contributed by atoms with Crippen LogP contribution in [0.5, 0.6) is 0 Å². The third-order valence-electron chi connectivity index (χ3n) is 22.0. The van der Waals surface area contributed by atoms with Gasteiger partial charge in [0.1, 0.15) is 12.1 Å². The molecule has 0 heterocycles. The van der Waals surface area contributed by atoms with Gasteiger partial charge >= 0.3 is 0 Å². The fourth-order valence-corrected chi connectivity index (χ4v) is 15.1. The molecule has 5 rings (SSSR count). The third-order valence-corrected chi connectivity index (χ3v) is 22.0. The van der Waals surface area contributed by atoms with Crippen molar-refractivity contribution in [3.05, 3.63) is 108 Å². The quantitative estimate of drug-likeness (QED) is 0.0160. The number of fused-ring (bicyclic) bond motifs is 2. The molecule has 0 aliphatic rings. The first kappa shape index (κ1) is 97.9. The van der Waals surface area contributed by atoms with E-state index < -0.39 is 23.9 Å². The summed E-state index contributed by atoms with van der Waals surface area (Å²) in [5.74, 6) is -1.89. The molecule has 6 amide bonds. The molecular formula is C98H156N6O10. The summed E-state index contributed by atoms with van der Waals surface area (Å²) in [4.78, 5) is 83.0. The van der Waals surface area contributed by atoms with Crippen LogP contribution < -0.4 is 31.9 Å². The van der Waals surface area contributed by atoms with Gasteiger partial charge in [0.2, 0.25) is 23.6 Å². The van der Waals surface area contributed by atoms with E-state index in [4.69, 9.17) is 18.9 Å². The van der Waals surface area contributed by atoms with Crippen LogP contribution in [0.1, 0.15) is 357 Å². The zero-order chi connectivity index (χ0) is 81.2. The number of carbonyl (C=O) groups is 6. The second kappa shape index (κ2) is 66.3. The smallest absolute Gasteiger partial charge is 0.251 e. The zero-order valence-corrected chi connectivity index (χ0v) is 71.9. The summed E-state index contributed by atoms with van der Waals surface area (Å²) in [5.41, 5.74) is 4.52. The van der Waals surface area contributed by atoms with Crippen LogP contribution in [0.3, 0.4) is 0 Å². The van der Waals surface area contributed by atoms with Crippen molar-refractivity contribution in [2.24, 2.45) is 0 Å². The van der Waals surface area contributed by atoms with Crippen molar-refractivity contribution in [2.75, 3.05) is 79.0 Å². The van der Waals surface area contributed by atoms with Crippen molar-refractivity contribution in [2.45, 2.75) is 348 Å². The van der Waals surface area contributed by atoms with Crippen LogP contribution in [-0.4, -0.2) is 127 Å². The van der Waals surface area contributed by atoms with Crippen LogP contribution in [0.15, 0.2) is 97.1 Å². The van der Waals surface area contributed by atoms with E-state index in [1.165, 1.54) is 218 Å². The van der Waals surface area contributed by atoms with E-state index in [1.807, 2.05) is 48.5 Å². The normalized spacial score (nSPS) is 12.0. The number of amides is 6. The molecule has 2 atom stereocenters. The second-order valence-electron chi connectivity index (χ2n) is 32.0. The fourth-order valence-electron chi connectivity index (χ4n) is 15.1. The Hall–Kier alpha value is -6.72. The summed E-state index contributed by atoms with van der Waals surface area (Å²) in [6, 6.07) is 29.5. The third kappa shape index (κ3) is 44.0. The van der Waals surface area contributed by atoms with Gasteiger partial charge in [0, 0.05) is 103 Å². The SMILES string of the molecule is CCCCCCCCCCCCOCCCNC(=O)CC[C@@H](NC(=O)c1ccc(-c2c3ccccc3c(-c3ccc(C(=O)N[C@H](CCC(=O)NCCCOCCCCCCCCCCCC)C(=O)NCCCOCCCCCCCCCCCC)cc3)c3ccccc23)cc1)C(=O)NCCCOCCCCCCCCCCCC. The Bertz CT molecular complexity index is 3030. The standard InChI is InChI=1S/C98H156N6O10/c1-5-9-13-17-21-25-29-33-37-45-73-111-77-49-69-99-91(105)67-65-89(97(109)101-71-51-79-113-75-47-39-35-31-27-23-19-15-11-7-3)103-95(107)83-61-57-81(58-62-83)93-85-53-41-43-55-87(85)94(88-56-44-42-54-86(88)93)82-59-63-84(64-60-82)96(108)104-90(98(110)102-72-52-80-114-76-48-40-36-32-28-24-20-16-12-8-4)66-68-92(106)100-70-50-78-112-74-46-38-34-30-26-22-18-14-10-6-2/h41-44,53-64,89-90H,5-40,45-52,65-80H2,1-4H3,(H,99,105)(H,100,106)(H,101,109)(H,102,110)(H,103,107)(H,104,108)/t89-,90-/m1/s1. The monoisotopic (exact) mass is 1580 g/mol. The summed E-state index contributed by atoms with van der Waals surface area (Å²) in [5, 5.41) is 22.0. The Morgan fingerprint density at radius 3 is 0.728 bits per heavy atom. The minimum absolute atomic E-state index is 0.0605. The first-order chi connectivity index (χ1) is 56.1. The molecule has 0 radical (unpaired) electrons. The molecule has 0 saturated carbocycles. The molecule has 0 aliphatic heterocycles. The van der Waals surface area contributed by atoms with Crippen molar-refractivity contribution in [3.8, 4) is 22.3 Å². The van der Waals surface area contributed by atoms with Crippen LogP contribution in [-0.2, 0) is 38.1 Å². The molecule has 6 N–H and O–H groups in total. The van der Waals surface area contributed by atoms with E-state index in [1.54, 1.807) is 24.3 Å². The molecular weight excluding hydrogens is 1420 g/mol. The number of hydrogen-bond donors (Lipinski definition) is 6. The Kier molecular flexibility index (Phi) is 56.9. The average molecular weight is 1580 g/mol. The maximum Gasteiger partial charge on any atom is 0.251 e. The van der Waals surface area contributed by atoms with Gasteiger partial charge in [-0.15, -0.1) is 0 Å². The van der Waals surface area contributed by atoms with Gasteiger partial charge < -0.3 is 50.8 Å². The molecule has 0 spiro atoms. The predicted molar refractivity (Wildman–Crippen MR) is 474 cm³/mol. The van der Waals surface area contributed by atoms with E-state index in [-0.39, 0.29) is 49.3 Å². The second-order valence-corrected chi connectivity index (χ2v) is 32.0. The average Bonchev–Trinajstić information content (AvgIpc) is 0.736. The molecule has 0 aromatic heterocycles. The van der Waals surface area contributed by atoms with Gasteiger partial charge in [-0.1, -0.05) is 332 Å². The fraction of sp³-hybridized carbons (Fsp3) is 0.673. The highest BCUT2D eigenvalue weighted by Crippen LogP contribution is 2.44. The van der Waals surface area contributed by atoms with Gasteiger partial charge in [0.15, 0.2) is 0 Å². The lowest BCUT2D eigenvalue weighted by Crippen LogP contribution is -2.47. The molecule has 5 aromatic rings. The topological polar surface area (TPSA) is 212 Å². The minimum Gasteiger partial charge on any atom is -0.381 e. The molecule has 16 heteroatoms. The number of ether oxygens (including phenoxy) is 4. The Labute approximate surface area is 690 Å². The van der Waals surface area contributed by atoms with Crippen LogP contribution in [0.2, 0.25) is 0 Å². The van der Waals surface area contributed by atoms with Crippen LogP contribution in [0.4, 0.5) is 0 Å². The molecule has 0 aliphatic carbocycles. The van der Waals surface area contributed by atoms with Crippen molar-refractivity contribution in [3.63, 3.8) is 0 Å². The van der Waals surface area contributed by atoms with Gasteiger partial charge in [-0.2, -0.15) is 0 Å². The zero-order valence-electron chi connectivity index (χ0n) is 71.9. The van der Waals surface area contributed by atoms with E-state index in [9.17, 15) is 28.8 Å². The summed E-state index contributed by atoms with van der Waals surface area (Å²) < 4.78 is 23.7. The van der Waals surface area contributed by atoms with Crippen molar-refractivity contribution < 1.29 is 47.7 Å². The van der Waals surface area contributed by atoms with E-state index in [2.05, 4.69) is 83.9 Å². The van der Waals surface area contributed by atoms with Gasteiger partial charge in [0.25, 0.3) is 11.8 Å². The number of benzene rings is 5. The van der Waals surface area contributed by atoms with E-state index in [0.717, 1.165) is 95.5 Å². The molecule has 0 saturated heterocycles. The first-order valence-electron chi connectivity index (χ1n) is 46.3. The van der Waals surface area contributed by atoms with Gasteiger partial charge in [-0.3, -0.25) is 28.8 Å². The lowest BCUT2D eigenvalue weighted by molar-refractivity contribution is -0.125. The summed E-state index contributed by atoms with van der Waals surface area (Å²) in [7, 11) is 0. The number of nitrogens with one attached hydrogen (secondary N) is 6. The first-order valence-corrected chi connectivity index (χ1v) is 46.3. The minimum atomic E-state index is -0.952. The number of hydrogen-bond acceptors (Lipinski definition) is 10. The van der Waals surface area contributed by atoms with Gasteiger partial charge in [-0.05, 0) is 132 Å². The number of rotatable bonds is 74. The number of carbonyl (C=O) groups excluding carboxylic acids is 6. The molecule has 0 unspecified atom stereocenters. The van der Waals surface area contributed by atoms with Gasteiger partial charge in [-0.25, -0.2) is 0 Å². The van der Waals surface area contributed by atoms with Crippen LogP contribution >= 0.6 is 0 Å². The van der Waals surface area contributed by atoms with Crippen molar-refractivity contribution in [1.29, 1.82) is 0 Å². The Balaban J connectivity index is 1.20. The molecule has 0 fully saturated rings. The van der Waals surface area contributed by atoms with Crippen molar-refractivity contribution >= 4 is 57.0 Å². The highest BCUT2D eigenvalue weighted by atomic mass is 16.5. The van der Waals surface area contributed by atoms with Crippen molar-refractivity contribution in [1.82, 2.24) is 31.9 Å².